The molecule has 0 unspecified atom stereocenters. The number of barbiturate groups is 1. The number of amides is 4. The van der Waals surface area contributed by atoms with Gasteiger partial charge in [0.25, 0.3) is 11.8 Å². The molecule has 4 amide bonds. The number of hydrogen-bond acceptors (Lipinski definition) is 3. The van der Waals surface area contributed by atoms with Crippen molar-refractivity contribution in [3.63, 3.8) is 0 Å². The zero-order valence-corrected chi connectivity index (χ0v) is 25.5. The second kappa shape index (κ2) is 11.4. The Morgan fingerprint density at radius 1 is 0.714 bits per heavy atom. The van der Waals surface area contributed by atoms with Gasteiger partial charge in [0.2, 0.25) is 0 Å². The number of imide groups is 2. The highest BCUT2D eigenvalue weighted by Gasteiger charge is 2.37. The number of urea groups is 1. The molecule has 0 spiro atoms. The Balaban J connectivity index is 1.59. The van der Waals surface area contributed by atoms with E-state index in [4.69, 9.17) is 0 Å². The molecule has 1 saturated heterocycles. The maximum Gasteiger partial charge on any atom is 0.335 e. The standard InChI is InChI=1S/C34H23Br2N3O3/c1-21-18-27(16-17-29(21)36)39-33(41)28(32(40)37-34(39)42)19-24-20-30(22-8-4-2-5-9-22)38(26-14-12-25(35)13-15-26)31(24)23-10-6-3-7-11-23/h2-20H,1H3,(H,37,40,42)/b28-19-. The van der Waals surface area contributed by atoms with Gasteiger partial charge in [0.05, 0.1) is 17.1 Å². The van der Waals surface area contributed by atoms with Crippen LogP contribution in [0.4, 0.5) is 10.5 Å². The molecular formula is C34H23Br2N3O3. The van der Waals surface area contributed by atoms with E-state index in [2.05, 4.69) is 41.7 Å². The number of hydrogen-bond donors (Lipinski definition) is 1. The van der Waals surface area contributed by atoms with Gasteiger partial charge in [-0.3, -0.25) is 14.9 Å². The highest BCUT2D eigenvalue weighted by Crippen LogP contribution is 2.38. The van der Waals surface area contributed by atoms with E-state index in [1.165, 1.54) is 0 Å². The van der Waals surface area contributed by atoms with Crippen molar-refractivity contribution in [1.29, 1.82) is 0 Å². The van der Waals surface area contributed by atoms with Gasteiger partial charge < -0.3 is 4.57 Å². The fourth-order valence-corrected chi connectivity index (χ4v) is 5.54. The average Bonchev–Trinajstić information content (AvgIpc) is 3.37. The summed E-state index contributed by atoms with van der Waals surface area (Å²) < 4.78 is 3.91. The third-order valence-electron chi connectivity index (χ3n) is 7.03. The van der Waals surface area contributed by atoms with Crippen molar-refractivity contribution in [2.24, 2.45) is 0 Å². The van der Waals surface area contributed by atoms with E-state index in [1.54, 1.807) is 24.3 Å². The van der Waals surface area contributed by atoms with Crippen molar-refractivity contribution in [3.05, 3.63) is 135 Å². The first-order chi connectivity index (χ1) is 20.3. The molecule has 1 fully saturated rings. The smallest absolute Gasteiger partial charge is 0.309 e. The summed E-state index contributed by atoms with van der Waals surface area (Å²) in [4.78, 5) is 40.9. The van der Waals surface area contributed by atoms with Gasteiger partial charge in [0.1, 0.15) is 5.57 Å². The zero-order valence-electron chi connectivity index (χ0n) is 22.3. The highest BCUT2D eigenvalue weighted by atomic mass is 79.9. The monoisotopic (exact) mass is 679 g/mol. The molecule has 5 aromatic rings. The van der Waals surface area contributed by atoms with Crippen molar-refractivity contribution in [3.8, 4) is 28.2 Å². The third-order valence-corrected chi connectivity index (χ3v) is 8.45. The molecule has 206 valence electrons. The molecule has 1 aliphatic rings. The van der Waals surface area contributed by atoms with Gasteiger partial charge in [-0.1, -0.05) is 92.5 Å². The molecular weight excluding hydrogens is 658 g/mol. The van der Waals surface area contributed by atoms with Crippen molar-refractivity contribution < 1.29 is 14.4 Å². The first-order valence-corrected chi connectivity index (χ1v) is 14.7. The molecule has 6 nitrogen and oxygen atoms in total. The van der Waals surface area contributed by atoms with Gasteiger partial charge in [-0.2, -0.15) is 0 Å². The van der Waals surface area contributed by atoms with Gasteiger partial charge in [-0.25, -0.2) is 9.69 Å². The van der Waals surface area contributed by atoms with Crippen LogP contribution in [0.15, 0.2) is 124 Å². The van der Waals surface area contributed by atoms with Gasteiger partial charge in [-0.05, 0) is 78.2 Å². The predicted molar refractivity (Wildman–Crippen MR) is 172 cm³/mol. The number of anilines is 1. The number of carbonyl (C=O) groups excluding carboxylic acids is 3. The summed E-state index contributed by atoms with van der Waals surface area (Å²) in [6.07, 6.45) is 1.58. The van der Waals surface area contributed by atoms with Crippen molar-refractivity contribution in [2.75, 3.05) is 4.90 Å². The summed E-state index contributed by atoms with van der Waals surface area (Å²) in [6, 6.07) is 34.0. The molecule has 2 heterocycles. The van der Waals surface area contributed by atoms with E-state index >= 15 is 0 Å². The predicted octanol–water partition coefficient (Wildman–Crippen LogP) is 8.31. The van der Waals surface area contributed by atoms with Crippen LogP contribution in [0.1, 0.15) is 11.1 Å². The summed E-state index contributed by atoms with van der Waals surface area (Å²) in [5, 5.41) is 2.35. The number of rotatable bonds is 5. The van der Waals surface area contributed by atoms with E-state index in [-0.39, 0.29) is 5.57 Å². The van der Waals surface area contributed by atoms with Crippen LogP contribution >= 0.6 is 31.9 Å². The summed E-state index contributed by atoms with van der Waals surface area (Å²) >= 11 is 6.99. The van der Waals surface area contributed by atoms with Gasteiger partial charge in [-0.15, -0.1) is 0 Å². The lowest BCUT2D eigenvalue weighted by Gasteiger charge is -2.26. The number of nitrogens with one attached hydrogen (secondary N) is 1. The first-order valence-electron chi connectivity index (χ1n) is 13.1. The van der Waals surface area contributed by atoms with E-state index in [0.717, 1.165) is 47.6 Å². The first kappa shape index (κ1) is 27.6. The minimum absolute atomic E-state index is 0.139. The van der Waals surface area contributed by atoms with Crippen LogP contribution in [0.5, 0.6) is 0 Å². The fraction of sp³-hybridized carbons (Fsp3) is 0.0294. The Bertz CT molecular complexity index is 1880. The van der Waals surface area contributed by atoms with E-state index in [0.29, 0.717) is 11.3 Å². The number of halogens is 2. The summed E-state index contributed by atoms with van der Waals surface area (Å²) in [7, 11) is 0. The normalized spacial score (nSPS) is 14.4. The van der Waals surface area contributed by atoms with Crippen LogP contribution in [0.25, 0.3) is 34.3 Å². The lowest BCUT2D eigenvalue weighted by Crippen LogP contribution is -2.54. The molecule has 4 aromatic carbocycles. The number of carbonyl (C=O) groups is 3. The molecule has 0 radical (unpaired) electrons. The lowest BCUT2D eigenvalue weighted by atomic mass is 10.0. The van der Waals surface area contributed by atoms with Gasteiger partial charge in [0, 0.05) is 20.2 Å². The molecule has 0 saturated carbocycles. The largest absolute Gasteiger partial charge is 0.335 e. The fourth-order valence-electron chi connectivity index (χ4n) is 5.03. The molecule has 1 aliphatic heterocycles. The minimum atomic E-state index is -0.787. The molecule has 0 bridgehead atoms. The summed E-state index contributed by atoms with van der Waals surface area (Å²) in [5.41, 5.74) is 6.18. The van der Waals surface area contributed by atoms with Crippen LogP contribution < -0.4 is 10.2 Å². The molecule has 1 N–H and O–H groups in total. The molecule has 1 aromatic heterocycles. The highest BCUT2D eigenvalue weighted by molar-refractivity contribution is 9.10. The van der Waals surface area contributed by atoms with E-state index in [9.17, 15) is 14.4 Å². The molecule has 0 atom stereocenters. The Kier molecular flexibility index (Phi) is 7.49. The van der Waals surface area contributed by atoms with Crippen LogP contribution in [0.2, 0.25) is 0 Å². The summed E-state index contributed by atoms with van der Waals surface area (Å²) in [6.45, 7) is 1.86. The summed E-state index contributed by atoms with van der Waals surface area (Å²) in [5.74, 6) is -1.44. The van der Waals surface area contributed by atoms with Gasteiger partial charge >= 0.3 is 6.03 Å². The van der Waals surface area contributed by atoms with E-state index in [1.807, 2.05) is 97.9 Å². The molecule has 0 aliphatic carbocycles. The second-order valence-corrected chi connectivity index (χ2v) is 11.5. The molecule has 6 rings (SSSR count). The SMILES string of the molecule is Cc1cc(N2C(=O)NC(=O)/C(=C/c3cc(-c4ccccc4)n(-c4ccc(Br)cc4)c3-c3ccccc3)C2=O)ccc1Br. The van der Waals surface area contributed by atoms with Crippen LogP contribution in [-0.4, -0.2) is 22.4 Å². The van der Waals surface area contributed by atoms with Crippen molar-refractivity contribution in [1.82, 2.24) is 9.88 Å². The van der Waals surface area contributed by atoms with Crippen molar-refractivity contribution in [2.45, 2.75) is 6.92 Å². The van der Waals surface area contributed by atoms with Crippen molar-refractivity contribution >= 4 is 61.5 Å². The topological polar surface area (TPSA) is 71.4 Å². The minimum Gasteiger partial charge on any atom is -0.309 e. The third kappa shape index (κ3) is 5.15. The second-order valence-electron chi connectivity index (χ2n) is 9.77. The van der Waals surface area contributed by atoms with Crippen LogP contribution in [0, 0.1) is 6.92 Å². The van der Waals surface area contributed by atoms with Crippen LogP contribution in [0.3, 0.4) is 0 Å². The quantitative estimate of drug-likeness (QED) is 0.150. The Labute approximate surface area is 259 Å². The Morgan fingerprint density at radius 3 is 1.98 bits per heavy atom. The van der Waals surface area contributed by atoms with Gasteiger partial charge in [0.15, 0.2) is 0 Å². The maximum absolute atomic E-state index is 13.8. The van der Waals surface area contributed by atoms with E-state index < -0.39 is 17.8 Å². The Hall–Kier alpha value is -4.53. The number of benzene rings is 4. The maximum atomic E-state index is 13.8. The zero-order chi connectivity index (χ0) is 29.4. The Morgan fingerprint density at radius 2 is 1.33 bits per heavy atom. The number of aryl methyl sites for hydroxylation is 1. The lowest BCUT2D eigenvalue weighted by molar-refractivity contribution is -0.122. The van der Waals surface area contributed by atoms with Crippen LogP contribution in [-0.2, 0) is 9.59 Å². The molecule has 8 heteroatoms. The average molecular weight is 681 g/mol. The number of aromatic nitrogens is 1. The number of nitrogens with zero attached hydrogens (tertiary/aromatic N) is 2. The molecule has 42 heavy (non-hydrogen) atoms.